The Morgan fingerprint density at radius 1 is 1.33 bits per heavy atom. The summed E-state index contributed by atoms with van der Waals surface area (Å²) >= 11 is 1.67. The first-order valence-electron chi connectivity index (χ1n) is 6.25. The van der Waals surface area contributed by atoms with Gasteiger partial charge in [0.05, 0.1) is 7.11 Å². The molecule has 2 nitrogen and oxygen atoms in total. The van der Waals surface area contributed by atoms with Crippen LogP contribution in [0.5, 0.6) is 0 Å². The van der Waals surface area contributed by atoms with Crippen LogP contribution in [-0.4, -0.2) is 17.8 Å². The molecule has 2 bridgehead atoms. The molecule has 0 saturated heterocycles. The SMILES string of the molecule is COC(=O)[C@@]1(Sc2ccccc2)C[C@H]2C=C[C@@H]1C2. The van der Waals surface area contributed by atoms with Gasteiger partial charge in [0.25, 0.3) is 0 Å². The minimum absolute atomic E-state index is 0.0757. The van der Waals surface area contributed by atoms with Crippen LogP contribution in [-0.2, 0) is 9.53 Å². The predicted molar refractivity (Wildman–Crippen MR) is 72.4 cm³/mol. The molecule has 1 saturated carbocycles. The molecular weight excluding hydrogens is 244 g/mol. The van der Waals surface area contributed by atoms with Crippen molar-refractivity contribution in [1.82, 2.24) is 0 Å². The summed E-state index contributed by atoms with van der Waals surface area (Å²) in [6, 6.07) is 10.1. The lowest BCUT2D eigenvalue weighted by molar-refractivity contribution is -0.144. The van der Waals surface area contributed by atoms with Gasteiger partial charge in [-0.25, -0.2) is 0 Å². The molecule has 1 aromatic rings. The second kappa shape index (κ2) is 4.47. The fourth-order valence-electron chi connectivity index (χ4n) is 3.08. The van der Waals surface area contributed by atoms with Crippen molar-refractivity contribution in [2.45, 2.75) is 22.5 Å². The van der Waals surface area contributed by atoms with Crippen LogP contribution in [0.1, 0.15) is 12.8 Å². The van der Waals surface area contributed by atoms with Crippen LogP contribution in [0.3, 0.4) is 0 Å². The van der Waals surface area contributed by atoms with Crippen LogP contribution in [0, 0.1) is 11.8 Å². The normalized spacial score (nSPS) is 32.7. The first kappa shape index (κ1) is 11.8. The molecule has 2 aliphatic carbocycles. The Morgan fingerprint density at radius 2 is 2.11 bits per heavy atom. The second-order valence-corrected chi connectivity index (χ2v) is 6.39. The first-order valence-corrected chi connectivity index (χ1v) is 7.07. The molecule has 0 radical (unpaired) electrons. The van der Waals surface area contributed by atoms with Crippen molar-refractivity contribution in [3.8, 4) is 0 Å². The van der Waals surface area contributed by atoms with Gasteiger partial charge in [-0.1, -0.05) is 30.4 Å². The quantitative estimate of drug-likeness (QED) is 0.616. The standard InChI is InChI=1S/C15H16O2S/c1-17-14(16)15(10-11-7-8-12(15)9-11)18-13-5-3-2-4-6-13/h2-8,11-12H,9-10H2,1H3/t11-,12+,15+/m0/s1. The third kappa shape index (κ3) is 1.77. The molecule has 0 spiro atoms. The monoisotopic (exact) mass is 260 g/mol. The van der Waals surface area contributed by atoms with Crippen molar-refractivity contribution >= 4 is 17.7 Å². The fourth-order valence-corrected chi connectivity index (χ4v) is 4.58. The number of hydrogen-bond donors (Lipinski definition) is 0. The smallest absolute Gasteiger partial charge is 0.322 e. The van der Waals surface area contributed by atoms with Crippen LogP contribution >= 0.6 is 11.8 Å². The van der Waals surface area contributed by atoms with Crippen LogP contribution in [0.4, 0.5) is 0 Å². The van der Waals surface area contributed by atoms with Crippen LogP contribution < -0.4 is 0 Å². The topological polar surface area (TPSA) is 26.3 Å². The number of hydrogen-bond acceptors (Lipinski definition) is 3. The Labute approximate surface area is 111 Å². The molecule has 3 atom stereocenters. The number of methoxy groups -OCH3 is 1. The first-order chi connectivity index (χ1) is 8.74. The lowest BCUT2D eigenvalue weighted by atomic mass is 9.92. The van der Waals surface area contributed by atoms with Gasteiger partial charge in [0.1, 0.15) is 4.75 Å². The van der Waals surface area contributed by atoms with Gasteiger partial charge in [-0.3, -0.25) is 4.79 Å². The van der Waals surface area contributed by atoms with Crippen molar-refractivity contribution in [2.24, 2.45) is 11.8 Å². The second-order valence-electron chi connectivity index (χ2n) is 4.99. The summed E-state index contributed by atoms with van der Waals surface area (Å²) in [6.45, 7) is 0. The molecule has 0 N–H and O–H groups in total. The van der Waals surface area contributed by atoms with Gasteiger partial charge in [-0.05, 0) is 30.9 Å². The van der Waals surface area contributed by atoms with Gasteiger partial charge in [-0.2, -0.15) is 0 Å². The molecule has 94 valence electrons. The predicted octanol–water partition coefficient (Wildman–Crippen LogP) is 3.29. The average molecular weight is 260 g/mol. The maximum Gasteiger partial charge on any atom is 0.322 e. The molecule has 1 fully saturated rings. The number of allylic oxidation sites excluding steroid dienone is 2. The molecule has 18 heavy (non-hydrogen) atoms. The highest BCUT2D eigenvalue weighted by molar-refractivity contribution is 8.01. The summed E-state index contributed by atoms with van der Waals surface area (Å²) in [5.74, 6) is 0.790. The number of rotatable bonds is 3. The minimum Gasteiger partial charge on any atom is -0.468 e. The molecule has 0 unspecified atom stereocenters. The van der Waals surface area contributed by atoms with E-state index in [1.54, 1.807) is 11.8 Å². The maximum absolute atomic E-state index is 12.3. The number of fused-ring (bicyclic) bond motifs is 2. The van der Waals surface area contributed by atoms with Gasteiger partial charge in [-0.15, -0.1) is 11.8 Å². The summed E-state index contributed by atoms with van der Waals surface area (Å²) in [5.41, 5.74) is 0. The van der Waals surface area contributed by atoms with E-state index in [0.29, 0.717) is 11.8 Å². The number of benzene rings is 1. The molecule has 3 rings (SSSR count). The van der Waals surface area contributed by atoms with E-state index in [1.807, 2.05) is 18.2 Å². The van der Waals surface area contributed by atoms with Gasteiger partial charge < -0.3 is 4.74 Å². The average Bonchev–Trinajstić information content (AvgIpc) is 3.00. The zero-order valence-electron chi connectivity index (χ0n) is 10.3. The Bertz CT molecular complexity index is 483. The van der Waals surface area contributed by atoms with E-state index in [9.17, 15) is 4.79 Å². The highest BCUT2D eigenvalue weighted by Gasteiger charge is 2.55. The highest BCUT2D eigenvalue weighted by Crippen LogP contribution is 2.56. The molecule has 0 heterocycles. The van der Waals surface area contributed by atoms with Gasteiger partial charge in [0.2, 0.25) is 0 Å². The summed E-state index contributed by atoms with van der Waals surface area (Å²) in [4.78, 5) is 13.4. The largest absolute Gasteiger partial charge is 0.468 e. The van der Waals surface area contributed by atoms with Crippen molar-refractivity contribution in [1.29, 1.82) is 0 Å². The molecule has 0 aromatic heterocycles. The number of carbonyl (C=O) groups excluding carboxylic acids is 1. The molecule has 3 heteroatoms. The Morgan fingerprint density at radius 3 is 2.67 bits per heavy atom. The Balaban J connectivity index is 1.92. The Kier molecular flexibility index (Phi) is 2.94. The van der Waals surface area contributed by atoms with Gasteiger partial charge in [0, 0.05) is 10.8 Å². The fraction of sp³-hybridized carbons (Fsp3) is 0.400. The molecule has 0 aliphatic heterocycles. The molecule has 1 aromatic carbocycles. The van der Waals surface area contributed by atoms with Crippen molar-refractivity contribution < 1.29 is 9.53 Å². The lowest BCUT2D eigenvalue weighted by Crippen LogP contribution is -2.40. The summed E-state index contributed by atoms with van der Waals surface area (Å²) in [7, 11) is 1.49. The Hall–Kier alpha value is -1.22. The van der Waals surface area contributed by atoms with E-state index < -0.39 is 4.75 Å². The lowest BCUT2D eigenvalue weighted by Gasteiger charge is -2.31. The summed E-state index contributed by atoms with van der Waals surface area (Å²) in [5, 5.41) is 0. The van der Waals surface area contributed by atoms with Crippen molar-refractivity contribution in [3.63, 3.8) is 0 Å². The van der Waals surface area contributed by atoms with E-state index in [0.717, 1.165) is 17.7 Å². The van der Waals surface area contributed by atoms with Crippen LogP contribution in [0.15, 0.2) is 47.4 Å². The van der Waals surface area contributed by atoms with E-state index in [4.69, 9.17) is 4.74 Å². The van der Waals surface area contributed by atoms with E-state index in [-0.39, 0.29) is 5.97 Å². The van der Waals surface area contributed by atoms with Crippen molar-refractivity contribution in [3.05, 3.63) is 42.5 Å². The van der Waals surface area contributed by atoms with E-state index >= 15 is 0 Å². The maximum atomic E-state index is 12.3. The van der Waals surface area contributed by atoms with Crippen molar-refractivity contribution in [2.75, 3.05) is 7.11 Å². The zero-order valence-corrected chi connectivity index (χ0v) is 11.2. The molecule has 0 amide bonds. The third-order valence-electron chi connectivity index (χ3n) is 3.91. The summed E-state index contributed by atoms with van der Waals surface area (Å²) in [6.07, 6.45) is 6.44. The highest BCUT2D eigenvalue weighted by atomic mass is 32.2. The van der Waals surface area contributed by atoms with E-state index in [2.05, 4.69) is 24.3 Å². The zero-order chi connectivity index (χ0) is 12.6. The van der Waals surface area contributed by atoms with Gasteiger partial charge in [0.15, 0.2) is 0 Å². The number of carbonyl (C=O) groups is 1. The number of ether oxygens (including phenoxy) is 1. The van der Waals surface area contributed by atoms with E-state index in [1.165, 1.54) is 7.11 Å². The van der Waals surface area contributed by atoms with Crippen LogP contribution in [0.25, 0.3) is 0 Å². The number of thioether (sulfide) groups is 1. The number of esters is 1. The van der Waals surface area contributed by atoms with Crippen LogP contribution in [0.2, 0.25) is 0 Å². The summed E-state index contributed by atoms with van der Waals surface area (Å²) < 4.78 is 4.66. The third-order valence-corrected chi connectivity index (χ3v) is 5.42. The van der Waals surface area contributed by atoms with Gasteiger partial charge >= 0.3 is 5.97 Å². The molecular formula is C15H16O2S. The minimum atomic E-state index is -0.407. The molecule has 2 aliphatic rings.